The Bertz CT molecular complexity index is 1100. The van der Waals surface area contributed by atoms with Gasteiger partial charge < -0.3 is 24.4 Å². The van der Waals surface area contributed by atoms with Crippen molar-refractivity contribution in [2.45, 2.75) is 25.8 Å². The summed E-state index contributed by atoms with van der Waals surface area (Å²) >= 11 is 0. The Morgan fingerprint density at radius 2 is 2.10 bits per heavy atom. The highest BCUT2D eigenvalue weighted by atomic mass is 35.5. The molecule has 3 aromatic rings. The van der Waals surface area contributed by atoms with Gasteiger partial charge in [-0.3, -0.25) is 0 Å². The van der Waals surface area contributed by atoms with Crippen LogP contribution in [-0.2, 0) is 6.42 Å². The predicted molar refractivity (Wildman–Crippen MR) is 125 cm³/mol. The summed E-state index contributed by atoms with van der Waals surface area (Å²) in [6.07, 6.45) is 3.52. The van der Waals surface area contributed by atoms with Crippen molar-refractivity contribution < 1.29 is 14.6 Å². The van der Waals surface area contributed by atoms with Gasteiger partial charge in [0, 0.05) is 31.4 Å². The molecule has 1 aliphatic rings. The number of anilines is 1. The summed E-state index contributed by atoms with van der Waals surface area (Å²) in [4.78, 5) is 26.6. The standard InChI is InChI=1S/C22H26N4O3.ClH.H2O/c1-5-14-11-16(28-4)12-18-19(14)22(27)29-21(24-18)17-7-6-9-23-20(17)26-10-8-15(13-26)25(2)3;;/h6-7,9,11-12,15H,5,8,10,13H2,1-4H3;1H;1H2/t15-;;/m0../s1. The van der Waals surface area contributed by atoms with Gasteiger partial charge in [0.1, 0.15) is 11.6 Å². The number of rotatable bonds is 5. The number of hydrogen-bond donors (Lipinski definition) is 0. The lowest BCUT2D eigenvalue weighted by Crippen LogP contribution is -2.31. The summed E-state index contributed by atoms with van der Waals surface area (Å²) in [5, 5.41) is 0.510. The lowest BCUT2D eigenvalue weighted by Gasteiger charge is -2.22. The molecule has 0 spiro atoms. The second kappa shape index (κ2) is 10.1. The fraction of sp³-hybridized carbons (Fsp3) is 0.409. The van der Waals surface area contributed by atoms with Crippen molar-refractivity contribution in [2.24, 2.45) is 0 Å². The van der Waals surface area contributed by atoms with E-state index in [1.807, 2.05) is 25.1 Å². The molecule has 0 bridgehead atoms. The highest BCUT2D eigenvalue weighted by Gasteiger charge is 2.27. The van der Waals surface area contributed by atoms with E-state index in [1.54, 1.807) is 19.4 Å². The quantitative estimate of drug-likeness (QED) is 0.590. The Labute approximate surface area is 187 Å². The van der Waals surface area contributed by atoms with Crippen LogP contribution in [0.3, 0.4) is 0 Å². The van der Waals surface area contributed by atoms with Crippen LogP contribution >= 0.6 is 12.4 Å². The number of aromatic nitrogens is 2. The third-order valence-corrected chi connectivity index (χ3v) is 5.62. The lowest BCUT2D eigenvalue weighted by atomic mass is 10.1. The number of halogens is 1. The maximum atomic E-state index is 12.8. The number of nitrogens with zero attached hydrogens (tertiary/aromatic N) is 4. The highest BCUT2D eigenvalue weighted by Crippen LogP contribution is 2.31. The SMILES string of the molecule is CCc1cc(OC)cc2nc(-c3cccnc3N3CC[C@H](N(C)C)C3)oc(=O)c12.Cl.O. The molecule has 8 nitrogen and oxygen atoms in total. The van der Waals surface area contributed by atoms with Crippen molar-refractivity contribution in [3.05, 3.63) is 46.4 Å². The lowest BCUT2D eigenvalue weighted by molar-refractivity contribution is 0.315. The van der Waals surface area contributed by atoms with Crippen LogP contribution in [-0.4, -0.2) is 60.7 Å². The van der Waals surface area contributed by atoms with Crippen molar-refractivity contribution in [2.75, 3.05) is 39.2 Å². The maximum absolute atomic E-state index is 12.8. The normalized spacial score (nSPS) is 15.6. The average Bonchev–Trinajstić information content (AvgIpc) is 3.23. The minimum absolute atomic E-state index is 0. The third-order valence-electron chi connectivity index (χ3n) is 5.62. The number of pyridine rings is 1. The van der Waals surface area contributed by atoms with Crippen LogP contribution in [0.4, 0.5) is 5.82 Å². The Kier molecular flexibility index (Phi) is 8.00. The highest BCUT2D eigenvalue weighted by molar-refractivity contribution is 5.85. The van der Waals surface area contributed by atoms with Gasteiger partial charge in [0.05, 0.1) is 23.6 Å². The maximum Gasteiger partial charge on any atom is 0.347 e. The van der Waals surface area contributed by atoms with Crippen LogP contribution in [0.25, 0.3) is 22.4 Å². The predicted octanol–water partition coefficient (Wildman–Crippen LogP) is 2.56. The molecule has 0 unspecified atom stereocenters. The molecule has 2 aromatic heterocycles. The van der Waals surface area contributed by atoms with Gasteiger partial charge in [0.25, 0.3) is 0 Å². The first-order chi connectivity index (χ1) is 14.0. The minimum atomic E-state index is -0.383. The van der Waals surface area contributed by atoms with Gasteiger partial charge in [-0.2, -0.15) is 0 Å². The van der Waals surface area contributed by atoms with E-state index in [2.05, 4.69) is 33.9 Å². The third kappa shape index (κ3) is 4.66. The zero-order chi connectivity index (χ0) is 20.5. The van der Waals surface area contributed by atoms with E-state index in [1.165, 1.54) is 0 Å². The second-order valence-electron chi connectivity index (χ2n) is 7.57. The number of hydrogen-bond acceptors (Lipinski definition) is 7. The van der Waals surface area contributed by atoms with Crippen LogP contribution in [0.5, 0.6) is 5.75 Å². The molecule has 4 rings (SSSR count). The van der Waals surface area contributed by atoms with E-state index < -0.39 is 0 Å². The molecule has 3 heterocycles. The van der Waals surface area contributed by atoms with Crippen molar-refractivity contribution in [3.63, 3.8) is 0 Å². The van der Waals surface area contributed by atoms with E-state index in [-0.39, 0.29) is 29.4 Å². The Morgan fingerprint density at radius 1 is 1.32 bits per heavy atom. The molecule has 1 saturated heterocycles. The van der Waals surface area contributed by atoms with E-state index in [0.717, 1.165) is 36.5 Å². The first-order valence-corrected chi connectivity index (χ1v) is 9.90. The van der Waals surface area contributed by atoms with Crippen molar-refractivity contribution >= 4 is 29.1 Å². The summed E-state index contributed by atoms with van der Waals surface area (Å²) in [7, 11) is 5.80. The van der Waals surface area contributed by atoms with Crippen LogP contribution in [0.2, 0.25) is 0 Å². The fourth-order valence-electron chi connectivity index (χ4n) is 3.94. The zero-order valence-electron chi connectivity index (χ0n) is 18.2. The topological polar surface area (TPSA) is 103 Å². The fourth-order valence-corrected chi connectivity index (χ4v) is 3.94. The first-order valence-electron chi connectivity index (χ1n) is 9.90. The summed E-state index contributed by atoms with van der Waals surface area (Å²) in [5.41, 5.74) is 1.79. The molecule has 2 N–H and O–H groups in total. The van der Waals surface area contributed by atoms with Gasteiger partial charge in [0.15, 0.2) is 0 Å². The Hall–Kier alpha value is -2.68. The minimum Gasteiger partial charge on any atom is -0.497 e. The largest absolute Gasteiger partial charge is 0.497 e. The molecular weight excluding hydrogens is 420 g/mol. The molecule has 168 valence electrons. The number of methoxy groups -OCH3 is 1. The van der Waals surface area contributed by atoms with Crippen molar-refractivity contribution in [3.8, 4) is 17.2 Å². The summed E-state index contributed by atoms with van der Waals surface area (Å²) < 4.78 is 11.1. The monoisotopic (exact) mass is 448 g/mol. The summed E-state index contributed by atoms with van der Waals surface area (Å²) in [6.45, 7) is 3.77. The van der Waals surface area contributed by atoms with Gasteiger partial charge in [-0.05, 0) is 50.7 Å². The molecule has 1 aromatic carbocycles. The van der Waals surface area contributed by atoms with E-state index >= 15 is 0 Å². The molecule has 0 amide bonds. The molecule has 1 atom stereocenters. The first kappa shape index (κ1) is 24.6. The Balaban J connectivity index is 0.00000171. The number of likely N-dealkylation sites (N-methyl/N-ethyl adjacent to an activating group) is 1. The number of ether oxygens (including phenoxy) is 1. The van der Waals surface area contributed by atoms with Crippen LogP contribution in [0.1, 0.15) is 18.9 Å². The molecule has 0 radical (unpaired) electrons. The van der Waals surface area contributed by atoms with Gasteiger partial charge in [0.2, 0.25) is 5.89 Å². The van der Waals surface area contributed by atoms with Gasteiger partial charge in [-0.15, -0.1) is 12.4 Å². The van der Waals surface area contributed by atoms with E-state index in [0.29, 0.717) is 29.1 Å². The molecule has 0 aliphatic carbocycles. The second-order valence-corrected chi connectivity index (χ2v) is 7.57. The molecule has 0 saturated carbocycles. The van der Waals surface area contributed by atoms with Crippen LogP contribution < -0.4 is 15.3 Å². The summed E-state index contributed by atoms with van der Waals surface area (Å²) in [5.74, 6) is 1.76. The van der Waals surface area contributed by atoms with Gasteiger partial charge in [-0.1, -0.05) is 6.92 Å². The Morgan fingerprint density at radius 3 is 2.74 bits per heavy atom. The van der Waals surface area contributed by atoms with Crippen LogP contribution in [0.15, 0.2) is 39.7 Å². The smallest absolute Gasteiger partial charge is 0.347 e. The molecule has 31 heavy (non-hydrogen) atoms. The molecule has 9 heteroatoms. The number of fused-ring (bicyclic) bond motifs is 1. The molecule has 1 aliphatic heterocycles. The number of benzene rings is 1. The summed E-state index contributed by atoms with van der Waals surface area (Å²) in [6, 6.07) is 7.86. The van der Waals surface area contributed by atoms with Crippen LogP contribution in [0, 0.1) is 0 Å². The van der Waals surface area contributed by atoms with Gasteiger partial charge in [-0.25, -0.2) is 14.8 Å². The van der Waals surface area contributed by atoms with E-state index in [4.69, 9.17) is 9.15 Å². The molecular formula is C22H29ClN4O4. The van der Waals surface area contributed by atoms with Crippen molar-refractivity contribution in [1.82, 2.24) is 14.9 Å². The molecule has 1 fully saturated rings. The van der Waals surface area contributed by atoms with Crippen molar-refractivity contribution in [1.29, 1.82) is 0 Å². The van der Waals surface area contributed by atoms with E-state index in [9.17, 15) is 4.79 Å². The number of aryl methyl sites for hydroxylation is 1. The zero-order valence-corrected chi connectivity index (χ0v) is 19.0. The van der Waals surface area contributed by atoms with Gasteiger partial charge >= 0.3 is 5.63 Å². The average molecular weight is 449 g/mol.